The smallest absolute Gasteiger partial charge is 0.0486 e. The highest BCUT2D eigenvalue weighted by molar-refractivity contribution is 5.36. The van der Waals surface area contributed by atoms with Crippen LogP contribution in [0.4, 0.5) is 0 Å². The zero-order valence-corrected chi connectivity index (χ0v) is 9.55. The van der Waals surface area contributed by atoms with Gasteiger partial charge in [-0.3, -0.25) is 0 Å². The molecule has 0 saturated carbocycles. The summed E-state index contributed by atoms with van der Waals surface area (Å²) in [6, 6.07) is 6.53. The quantitative estimate of drug-likeness (QED) is 0.763. The molecule has 15 heavy (non-hydrogen) atoms. The Labute approximate surface area is 91.4 Å². The van der Waals surface area contributed by atoms with Crippen LogP contribution in [0.5, 0.6) is 0 Å². The van der Waals surface area contributed by atoms with Crippen LogP contribution < -0.4 is 5.73 Å². The zero-order valence-electron chi connectivity index (χ0n) is 9.55. The Morgan fingerprint density at radius 1 is 1.20 bits per heavy atom. The van der Waals surface area contributed by atoms with E-state index < -0.39 is 0 Å². The number of ether oxygens (including phenoxy) is 1. The van der Waals surface area contributed by atoms with E-state index >= 15 is 0 Å². The van der Waals surface area contributed by atoms with Gasteiger partial charge >= 0.3 is 0 Å². The van der Waals surface area contributed by atoms with Crippen molar-refractivity contribution in [3.05, 3.63) is 34.9 Å². The van der Waals surface area contributed by atoms with E-state index in [0.29, 0.717) is 0 Å². The standard InChI is InChI=1S/C13H19NO/c1-10-3-4-12(11(2)9-10)13(14)5-7-15-8-6-13/h3-4,9H,5-8,14H2,1-2H3. The Balaban J connectivity index is 2.35. The van der Waals surface area contributed by atoms with Crippen LogP contribution in [0.2, 0.25) is 0 Å². The first kappa shape index (κ1) is 10.7. The topological polar surface area (TPSA) is 35.2 Å². The highest BCUT2D eigenvalue weighted by Gasteiger charge is 2.30. The second-order valence-electron chi connectivity index (χ2n) is 4.59. The van der Waals surface area contributed by atoms with E-state index in [1.165, 1.54) is 16.7 Å². The molecule has 1 aromatic rings. The fraction of sp³-hybridized carbons (Fsp3) is 0.538. The Kier molecular flexibility index (Phi) is 2.81. The van der Waals surface area contributed by atoms with Crippen molar-refractivity contribution in [3.63, 3.8) is 0 Å². The molecule has 2 N–H and O–H groups in total. The van der Waals surface area contributed by atoms with E-state index in [1.807, 2.05) is 0 Å². The lowest BCUT2D eigenvalue weighted by molar-refractivity contribution is 0.0520. The molecular formula is C13H19NO. The van der Waals surface area contributed by atoms with Crippen LogP contribution in [0.15, 0.2) is 18.2 Å². The molecule has 2 rings (SSSR count). The van der Waals surface area contributed by atoms with E-state index in [-0.39, 0.29) is 5.54 Å². The second kappa shape index (κ2) is 3.95. The fourth-order valence-corrected chi connectivity index (χ4v) is 2.38. The van der Waals surface area contributed by atoms with Gasteiger partial charge in [0.15, 0.2) is 0 Å². The number of hydrogen-bond acceptors (Lipinski definition) is 2. The summed E-state index contributed by atoms with van der Waals surface area (Å²) in [6.45, 7) is 5.82. The number of benzene rings is 1. The van der Waals surface area contributed by atoms with E-state index in [1.54, 1.807) is 0 Å². The first-order chi connectivity index (χ1) is 7.12. The lowest BCUT2D eigenvalue weighted by atomic mass is 9.81. The molecule has 2 heteroatoms. The summed E-state index contributed by atoms with van der Waals surface area (Å²) in [6.07, 6.45) is 1.85. The van der Waals surface area contributed by atoms with Crippen LogP contribution in [0.25, 0.3) is 0 Å². The van der Waals surface area contributed by atoms with Gasteiger partial charge in [-0.05, 0) is 37.8 Å². The summed E-state index contributed by atoms with van der Waals surface area (Å²) in [7, 11) is 0. The molecule has 0 atom stereocenters. The minimum absolute atomic E-state index is 0.171. The highest BCUT2D eigenvalue weighted by atomic mass is 16.5. The normalized spacial score (nSPS) is 20.2. The number of rotatable bonds is 1. The van der Waals surface area contributed by atoms with Crippen molar-refractivity contribution < 1.29 is 4.74 Å². The Morgan fingerprint density at radius 2 is 1.87 bits per heavy atom. The van der Waals surface area contributed by atoms with Crippen molar-refractivity contribution in [1.29, 1.82) is 0 Å². The zero-order chi connectivity index (χ0) is 10.9. The third-order valence-electron chi connectivity index (χ3n) is 3.30. The van der Waals surface area contributed by atoms with Crippen LogP contribution >= 0.6 is 0 Å². The van der Waals surface area contributed by atoms with Gasteiger partial charge < -0.3 is 10.5 Å². The molecule has 1 fully saturated rings. The molecule has 0 aliphatic carbocycles. The molecule has 0 bridgehead atoms. The van der Waals surface area contributed by atoms with E-state index in [2.05, 4.69) is 32.0 Å². The predicted octanol–water partition coefficient (Wildman–Crippen LogP) is 2.27. The van der Waals surface area contributed by atoms with Gasteiger partial charge in [-0.2, -0.15) is 0 Å². The largest absolute Gasteiger partial charge is 0.381 e. The molecule has 1 aliphatic heterocycles. The van der Waals surface area contributed by atoms with E-state index in [0.717, 1.165) is 26.1 Å². The van der Waals surface area contributed by atoms with E-state index in [4.69, 9.17) is 10.5 Å². The van der Waals surface area contributed by atoms with Gasteiger partial charge in [0, 0.05) is 18.8 Å². The van der Waals surface area contributed by atoms with Gasteiger partial charge in [0.05, 0.1) is 0 Å². The monoisotopic (exact) mass is 205 g/mol. The summed E-state index contributed by atoms with van der Waals surface area (Å²) >= 11 is 0. The van der Waals surface area contributed by atoms with Crippen molar-refractivity contribution in [2.24, 2.45) is 5.73 Å². The molecule has 0 spiro atoms. The lowest BCUT2D eigenvalue weighted by Gasteiger charge is -2.35. The molecule has 0 aromatic heterocycles. The van der Waals surface area contributed by atoms with Gasteiger partial charge in [-0.15, -0.1) is 0 Å². The minimum atomic E-state index is -0.171. The Morgan fingerprint density at radius 3 is 2.47 bits per heavy atom. The maximum atomic E-state index is 6.45. The lowest BCUT2D eigenvalue weighted by Crippen LogP contribution is -2.42. The molecule has 2 nitrogen and oxygen atoms in total. The third kappa shape index (κ3) is 2.06. The first-order valence-electron chi connectivity index (χ1n) is 5.56. The van der Waals surface area contributed by atoms with Crippen LogP contribution in [-0.4, -0.2) is 13.2 Å². The Hall–Kier alpha value is -0.860. The molecule has 0 unspecified atom stereocenters. The van der Waals surface area contributed by atoms with Crippen LogP contribution in [0.1, 0.15) is 29.5 Å². The molecule has 1 heterocycles. The number of hydrogen-bond donors (Lipinski definition) is 1. The summed E-state index contributed by atoms with van der Waals surface area (Å²) in [5, 5.41) is 0. The highest BCUT2D eigenvalue weighted by Crippen LogP contribution is 2.31. The molecule has 82 valence electrons. The first-order valence-corrected chi connectivity index (χ1v) is 5.56. The SMILES string of the molecule is Cc1ccc(C2(N)CCOCC2)c(C)c1. The fourth-order valence-electron chi connectivity index (χ4n) is 2.38. The number of nitrogens with two attached hydrogens (primary N) is 1. The van der Waals surface area contributed by atoms with Gasteiger partial charge in [0.2, 0.25) is 0 Å². The maximum absolute atomic E-state index is 6.45. The molecule has 0 amide bonds. The molecule has 1 saturated heterocycles. The van der Waals surface area contributed by atoms with Gasteiger partial charge in [0.1, 0.15) is 0 Å². The summed E-state index contributed by atoms with van der Waals surface area (Å²) in [5.74, 6) is 0. The second-order valence-corrected chi connectivity index (χ2v) is 4.59. The average molecular weight is 205 g/mol. The van der Waals surface area contributed by atoms with Crippen molar-refractivity contribution in [2.75, 3.05) is 13.2 Å². The Bertz CT molecular complexity index is 354. The summed E-state index contributed by atoms with van der Waals surface area (Å²) in [4.78, 5) is 0. The van der Waals surface area contributed by atoms with Gasteiger partial charge in [-0.1, -0.05) is 23.8 Å². The molecular weight excluding hydrogens is 186 g/mol. The van der Waals surface area contributed by atoms with Crippen molar-refractivity contribution in [2.45, 2.75) is 32.2 Å². The number of aryl methyl sites for hydroxylation is 2. The molecule has 1 aromatic carbocycles. The van der Waals surface area contributed by atoms with E-state index in [9.17, 15) is 0 Å². The van der Waals surface area contributed by atoms with Crippen LogP contribution in [-0.2, 0) is 10.3 Å². The van der Waals surface area contributed by atoms with Crippen LogP contribution in [0, 0.1) is 13.8 Å². The van der Waals surface area contributed by atoms with Crippen LogP contribution in [0.3, 0.4) is 0 Å². The summed E-state index contributed by atoms with van der Waals surface area (Å²) < 4.78 is 5.37. The third-order valence-corrected chi connectivity index (χ3v) is 3.30. The van der Waals surface area contributed by atoms with Crippen molar-refractivity contribution in [1.82, 2.24) is 0 Å². The van der Waals surface area contributed by atoms with Gasteiger partial charge in [0.25, 0.3) is 0 Å². The van der Waals surface area contributed by atoms with Gasteiger partial charge in [-0.25, -0.2) is 0 Å². The molecule has 0 radical (unpaired) electrons. The van der Waals surface area contributed by atoms with Crippen molar-refractivity contribution >= 4 is 0 Å². The molecule has 1 aliphatic rings. The minimum Gasteiger partial charge on any atom is -0.381 e. The average Bonchev–Trinajstić information content (AvgIpc) is 2.18. The maximum Gasteiger partial charge on any atom is 0.0486 e. The summed E-state index contributed by atoms with van der Waals surface area (Å²) in [5.41, 5.74) is 10.2. The van der Waals surface area contributed by atoms with Crippen molar-refractivity contribution in [3.8, 4) is 0 Å². The predicted molar refractivity (Wildman–Crippen MR) is 61.8 cm³/mol.